The minimum Gasteiger partial charge on any atom is -0.311 e. The van der Waals surface area contributed by atoms with Crippen LogP contribution in [0.4, 0.5) is 18.9 Å². The molecule has 0 unspecified atom stereocenters. The van der Waals surface area contributed by atoms with Crippen LogP contribution >= 0.6 is 0 Å². The predicted molar refractivity (Wildman–Crippen MR) is 94.8 cm³/mol. The van der Waals surface area contributed by atoms with E-state index in [-0.39, 0.29) is 17.3 Å². The van der Waals surface area contributed by atoms with Crippen LogP contribution < -0.4 is 5.56 Å². The van der Waals surface area contributed by atoms with Gasteiger partial charge in [0, 0.05) is 36.6 Å². The van der Waals surface area contributed by atoms with E-state index in [4.69, 9.17) is 0 Å². The van der Waals surface area contributed by atoms with Crippen LogP contribution in [0, 0.1) is 17.0 Å². The van der Waals surface area contributed by atoms with Gasteiger partial charge in [-0.25, -0.2) is 0 Å². The van der Waals surface area contributed by atoms with Crippen molar-refractivity contribution in [3.8, 4) is 0 Å². The molecule has 8 heteroatoms. The quantitative estimate of drug-likeness (QED) is 0.504. The molecule has 0 spiro atoms. The van der Waals surface area contributed by atoms with Gasteiger partial charge in [-0.05, 0) is 18.6 Å². The molecular formula is C19H15F3N2O3. The molecular weight excluding hydrogens is 361 g/mol. The van der Waals surface area contributed by atoms with Crippen LogP contribution in [0.3, 0.4) is 0 Å². The van der Waals surface area contributed by atoms with Crippen molar-refractivity contribution in [3.63, 3.8) is 0 Å². The summed E-state index contributed by atoms with van der Waals surface area (Å²) in [6.07, 6.45) is -5.05. The highest BCUT2D eigenvalue weighted by Crippen LogP contribution is 2.38. The maximum absolute atomic E-state index is 13.9. The average Bonchev–Trinajstić information content (AvgIpc) is 2.58. The van der Waals surface area contributed by atoms with Crippen molar-refractivity contribution >= 4 is 16.6 Å². The molecule has 0 saturated carbocycles. The average molecular weight is 376 g/mol. The Morgan fingerprint density at radius 3 is 2.44 bits per heavy atom. The van der Waals surface area contributed by atoms with E-state index in [1.54, 1.807) is 31.2 Å². The fourth-order valence-electron chi connectivity index (χ4n) is 3.23. The minimum atomic E-state index is -4.83. The molecule has 0 aliphatic carbocycles. The van der Waals surface area contributed by atoms with Crippen LogP contribution in [0.15, 0.2) is 47.3 Å². The summed E-state index contributed by atoms with van der Waals surface area (Å²) in [5, 5.41) is 10.7. The fourth-order valence-corrected chi connectivity index (χ4v) is 3.23. The molecule has 0 radical (unpaired) electrons. The van der Waals surface area contributed by atoms with E-state index in [2.05, 4.69) is 0 Å². The minimum absolute atomic E-state index is 0.00841. The van der Waals surface area contributed by atoms with Gasteiger partial charge >= 0.3 is 6.18 Å². The van der Waals surface area contributed by atoms with E-state index in [1.807, 2.05) is 0 Å². The summed E-state index contributed by atoms with van der Waals surface area (Å²) >= 11 is 0. The molecule has 0 atom stereocenters. The van der Waals surface area contributed by atoms with Gasteiger partial charge in [-0.2, -0.15) is 13.2 Å². The van der Waals surface area contributed by atoms with Crippen LogP contribution in [0.2, 0.25) is 0 Å². The largest absolute Gasteiger partial charge is 0.417 e. The van der Waals surface area contributed by atoms with E-state index in [0.29, 0.717) is 5.56 Å². The number of nitro groups is 1. The van der Waals surface area contributed by atoms with Gasteiger partial charge in [0.25, 0.3) is 11.2 Å². The Morgan fingerprint density at radius 2 is 1.85 bits per heavy atom. The molecule has 0 aliphatic rings. The summed E-state index contributed by atoms with van der Waals surface area (Å²) in [5.41, 5.74) is -1.38. The van der Waals surface area contributed by atoms with Crippen molar-refractivity contribution in [3.05, 3.63) is 85.2 Å². The molecule has 5 nitrogen and oxygen atoms in total. The number of nitro benzene ring substituents is 1. The van der Waals surface area contributed by atoms with Gasteiger partial charge in [0.05, 0.1) is 16.0 Å². The van der Waals surface area contributed by atoms with Crippen LogP contribution in [0.5, 0.6) is 0 Å². The lowest BCUT2D eigenvalue weighted by molar-refractivity contribution is -0.384. The van der Waals surface area contributed by atoms with Crippen molar-refractivity contribution in [1.82, 2.24) is 4.57 Å². The van der Waals surface area contributed by atoms with Gasteiger partial charge in [0.2, 0.25) is 0 Å². The number of benzene rings is 2. The number of alkyl halides is 3. The molecule has 27 heavy (non-hydrogen) atoms. The molecule has 1 aromatic heterocycles. The summed E-state index contributed by atoms with van der Waals surface area (Å²) in [5.74, 6) is 0. The Balaban J connectivity index is 2.39. The second-order valence-electron chi connectivity index (χ2n) is 6.34. The number of halogens is 3. The number of hydrogen-bond donors (Lipinski definition) is 0. The standard InChI is InChI=1S/C19H15F3N2O3/c1-11-4-3-5-12(8-11)9-15-17(19(20,21)22)14-10-13(24(26)27)6-7-16(14)23(2)18(15)25/h3-8,10H,9H2,1-2H3. The third-order valence-corrected chi connectivity index (χ3v) is 4.43. The summed E-state index contributed by atoms with van der Waals surface area (Å²) in [7, 11) is 1.36. The Labute approximate surface area is 151 Å². The van der Waals surface area contributed by atoms with Gasteiger partial charge in [-0.3, -0.25) is 14.9 Å². The van der Waals surface area contributed by atoms with Crippen LogP contribution in [0.25, 0.3) is 10.9 Å². The highest BCUT2D eigenvalue weighted by Gasteiger charge is 2.38. The second kappa shape index (κ2) is 6.53. The predicted octanol–water partition coefficient (Wildman–Crippen LogP) is 4.36. The summed E-state index contributed by atoms with van der Waals surface area (Å²) in [6.45, 7) is 1.80. The highest BCUT2D eigenvalue weighted by atomic mass is 19.4. The van der Waals surface area contributed by atoms with Crippen molar-refractivity contribution < 1.29 is 18.1 Å². The third-order valence-electron chi connectivity index (χ3n) is 4.43. The Morgan fingerprint density at radius 1 is 1.15 bits per heavy atom. The van der Waals surface area contributed by atoms with Crippen LogP contribution in [0.1, 0.15) is 22.3 Å². The molecule has 3 aromatic rings. The van der Waals surface area contributed by atoms with E-state index in [9.17, 15) is 28.1 Å². The first-order valence-electron chi connectivity index (χ1n) is 8.02. The molecule has 140 valence electrons. The van der Waals surface area contributed by atoms with Crippen molar-refractivity contribution in [2.75, 3.05) is 0 Å². The highest BCUT2D eigenvalue weighted by molar-refractivity contribution is 5.86. The summed E-state index contributed by atoms with van der Waals surface area (Å²) in [4.78, 5) is 23.0. The number of nitrogens with zero attached hydrogens (tertiary/aromatic N) is 2. The maximum Gasteiger partial charge on any atom is 0.417 e. The second-order valence-corrected chi connectivity index (χ2v) is 6.34. The first-order valence-corrected chi connectivity index (χ1v) is 8.02. The van der Waals surface area contributed by atoms with E-state index in [1.165, 1.54) is 13.1 Å². The Bertz CT molecular complexity index is 1120. The zero-order valence-corrected chi connectivity index (χ0v) is 14.5. The van der Waals surface area contributed by atoms with Gasteiger partial charge < -0.3 is 4.57 Å². The molecule has 0 bridgehead atoms. The third kappa shape index (κ3) is 3.42. The zero-order chi connectivity index (χ0) is 19.9. The van der Waals surface area contributed by atoms with Crippen molar-refractivity contribution in [2.24, 2.45) is 7.05 Å². The van der Waals surface area contributed by atoms with Crippen LogP contribution in [-0.2, 0) is 19.6 Å². The number of hydrogen-bond acceptors (Lipinski definition) is 3. The lowest BCUT2D eigenvalue weighted by Gasteiger charge is -2.18. The SMILES string of the molecule is Cc1cccc(Cc2c(C(F)(F)F)c3cc([N+](=O)[O-])ccc3n(C)c2=O)c1. The van der Waals surface area contributed by atoms with Gasteiger partial charge in [-0.15, -0.1) is 0 Å². The molecule has 0 saturated heterocycles. The fraction of sp³-hybridized carbons (Fsp3) is 0.211. The first kappa shape index (κ1) is 18.6. The molecule has 0 N–H and O–H groups in total. The Hall–Kier alpha value is -3.16. The number of aryl methyl sites for hydroxylation is 2. The molecule has 2 aromatic carbocycles. The Kier molecular flexibility index (Phi) is 4.51. The molecule has 1 heterocycles. The summed E-state index contributed by atoms with van der Waals surface area (Å²) < 4.78 is 42.8. The summed E-state index contributed by atoms with van der Waals surface area (Å²) in [6, 6.07) is 9.98. The maximum atomic E-state index is 13.9. The number of non-ortho nitro benzene ring substituents is 1. The molecule has 0 fully saturated rings. The first-order chi connectivity index (χ1) is 12.6. The lowest BCUT2D eigenvalue weighted by Crippen LogP contribution is -2.27. The molecule has 0 amide bonds. The van der Waals surface area contributed by atoms with Gasteiger partial charge in [-0.1, -0.05) is 29.8 Å². The van der Waals surface area contributed by atoms with E-state index < -0.39 is 33.5 Å². The number of pyridine rings is 1. The van der Waals surface area contributed by atoms with E-state index in [0.717, 1.165) is 22.3 Å². The van der Waals surface area contributed by atoms with Gasteiger partial charge in [0.1, 0.15) is 0 Å². The normalized spacial score (nSPS) is 11.7. The smallest absolute Gasteiger partial charge is 0.311 e. The number of rotatable bonds is 3. The molecule has 3 rings (SSSR count). The van der Waals surface area contributed by atoms with Gasteiger partial charge in [0.15, 0.2) is 0 Å². The lowest BCUT2D eigenvalue weighted by atomic mass is 9.96. The number of fused-ring (bicyclic) bond motifs is 1. The van der Waals surface area contributed by atoms with Crippen molar-refractivity contribution in [1.29, 1.82) is 0 Å². The van der Waals surface area contributed by atoms with E-state index >= 15 is 0 Å². The van der Waals surface area contributed by atoms with Crippen LogP contribution in [-0.4, -0.2) is 9.49 Å². The number of aromatic nitrogens is 1. The molecule has 0 aliphatic heterocycles. The van der Waals surface area contributed by atoms with Crippen molar-refractivity contribution in [2.45, 2.75) is 19.5 Å². The zero-order valence-electron chi connectivity index (χ0n) is 14.5. The monoisotopic (exact) mass is 376 g/mol. The topological polar surface area (TPSA) is 65.1 Å².